The molecule has 1 aromatic heterocycles. The minimum Gasteiger partial charge on any atom is -0.423 e. The first-order chi connectivity index (χ1) is 10.9. The number of amides is 1. The first-order valence-corrected chi connectivity index (χ1v) is 8.31. The molecule has 1 fully saturated rings. The van der Waals surface area contributed by atoms with Crippen molar-refractivity contribution in [2.75, 3.05) is 18.0 Å². The van der Waals surface area contributed by atoms with Crippen molar-refractivity contribution in [3.63, 3.8) is 0 Å². The number of hydrogen-bond donors (Lipinski definition) is 1. The van der Waals surface area contributed by atoms with Crippen LogP contribution in [0, 0.1) is 5.41 Å². The van der Waals surface area contributed by atoms with Gasteiger partial charge in [0.15, 0.2) is 5.58 Å². The number of aromatic nitrogens is 1. The summed E-state index contributed by atoms with van der Waals surface area (Å²) < 4.78 is 5.87. The molecule has 0 spiro atoms. The second kappa shape index (κ2) is 6.22. The fourth-order valence-corrected chi connectivity index (χ4v) is 3.06. The molecule has 1 aliphatic rings. The van der Waals surface area contributed by atoms with E-state index in [1.165, 1.54) is 0 Å². The highest BCUT2D eigenvalue weighted by Gasteiger charge is 2.29. The molecule has 0 aliphatic carbocycles. The zero-order chi connectivity index (χ0) is 16.4. The second-order valence-corrected chi connectivity index (χ2v) is 7.50. The summed E-state index contributed by atoms with van der Waals surface area (Å²) in [6.07, 6.45) is 2.69. The summed E-state index contributed by atoms with van der Waals surface area (Å²) in [4.78, 5) is 18.8. The van der Waals surface area contributed by atoms with Crippen LogP contribution in [0.5, 0.6) is 0 Å². The zero-order valence-corrected chi connectivity index (χ0v) is 14.1. The van der Waals surface area contributed by atoms with Gasteiger partial charge in [-0.3, -0.25) is 4.79 Å². The second-order valence-electron chi connectivity index (χ2n) is 7.50. The van der Waals surface area contributed by atoms with Gasteiger partial charge in [-0.1, -0.05) is 32.9 Å². The van der Waals surface area contributed by atoms with Gasteiger partial charge in [0.25, 0.3) is 6.01 Å². The lowest BCUT2D eigenvalue weighted by molar-refractivity contribution is -0.122. The van der Waals surface area contributed by atoms with Gasteiger partial charge < -0.3 is 14.6 Å². The molecule has 3 rings (SSSR count). The van der Waals surface area contributed by atoms with Gasteiger partial charge in [0.1, 0.15) is 5.52 Å². The minimum atomic E-state index is 0.0136. The summed E-state index contributed by atoms with van der Waals surface area (Å²) >= 11 is 0. The smallest absolute Gasteiger partial charge is 0.298 e. The molecule has 5 nitrogen and oxygen atoms in total. The average Bonchev–Trinajstić information content (AvgIpc) is 3.09. The first kappa shape index (κ1) is 15.8. The largest absolute Gasteiger partial charge is 0.423 e. The SMILES string of the molecule is CC(C)(C)CC(=O)NCC1CCCN1c1nc2ccccc2o1. The number of fused-ring (bicyclic) bond motifs is 1. The van der Waals surface area contributed by atoms with E-state index in [9.17, 15) is 4.79 Å². The predicted octanol–water partition coefficient (Wildman–Crippen LogP) is 3.35. The van der Waals surface area contributed by atoms with Crippen LogP contribution in [0.2, 0.25) is 0 Å². The highest BCUT2D eigenvalue weighted by molar-refractivity contribution is 5.77. The quantitative estimate of drug-likeness (QED) is 0.940. The highest BCUT2D eigenvalue weighted by Crippen LogP contribution is 2.28. The van der Waals surface area contributed by atoms with Crippen LogP contribution >= 0.6 is 0 Å². The van der Waals surface area contributed by atoms with Crippen molar-refractivity contribution < 1.29 is 9.21 Å². The third-order valence-corrected chi connectivity index (χ3v) is 4.13. The van der Waals surface area contributed by atoms with Gasteiger partial charge in [-0.05, 0) is 30.4 Å². The Balaban J connectivity index is 1.65. The van der Waals surface area contributed by atoms with Gasteiger partial charge in [0, 0.05) is 19.5 Å². The van der Waals surface area contributed by atoms with E-state index < -0.39 is 0 Å². The van der Waals surface area contributed by atoms with Crippen LogP contribution in [0.4, 0.5) is 6.01 Å². The van der Waals surface area contributed by atoms with Gasteiger partial charge >= 0.3 is 0 Å². The molecular weight excluding hydrogens is 290 g/mol. The van der Waals surface area contributed by atoms with Crippen LogP contribution in [-0.2, 0) is 4.79 Å². The molecule has 1 amide bonds. The van der Waals surface area contributed by atoms with Crippen LogP contribution in [-0.4, -0.2) is 30.0 Å². The molecule has 23 heavy (non-hydrogen) atoms. The number of benzene rings is 1. The first-order valence-electron chi connectivity index (χ1n) is 8.31. The number of carbonyl (C=O) groups is 1. The third kappa shape index (κ3) is 3.84. The molecule has 1 aromatic carbocycles. The Hall–Kier alpha value is -2.04. The van der Waals surface area contributed by atoms with E-state index in [0.717, 1.165) is 30.5 Å². The van der Waals surface area contributed by atoms with Gasteiger partial charge in [-0.25, -0.2) is 0 Å². The lowest BCUT2D eigenvalue weighted by Gasteiger charge is -2.24. The van der Waals surface area contributed by atoms with Gasteiger partial charge in [-0.2, -0.15) is 4.98 Å². The number of para-hydroxylation sites is 2. The number of nitrogens with zero attached hydrogens (tertiary/aromatic N) is 2. The van der Waals surface area contributed by atoms with E-state index in [0.29, 0.717) is 19.0 Å². The van der Waals surface area contributed by atoms with Crippen LogP contribution in [0.15, 0.2) is 28.7 Å². The molecule has 1 unspecified atom stereocenters. The maximum Gasteiger partial charge on any atom is 0.298 e. The summed E-state index contributed by atoms with van der Waals surface area (Å²) in [5.74, 6) is 0.113. The molecule has 1 atom stereocenters. The van der Waals surface area contributed by atoms with E-state index in [1.54, 1.807) is 0 Å². The van der Waals surface area contributed by atoms with E-state index in [4.69, 9.17) is 4.42 Å². The molecule has 2 heterocycles. The summed E-state index contributed by atoms with van der Waals surface area (Å²) in [6.45, 7) is 7.80. The Morgan fingerprint density at radius 1 is 1.39 bits per heavy atom. The molecule has 1 N–H and O–H groups in total. The molecule has 0 bridgehead atoms. The Kier molecular flexibility index (Phi) is 4.28. The highest BCUT2D eigenvalue weighted by atomic mass is 16.4. The molecule has 1 aliphatic heterocycles. The summed E-state index contributed by atoms with van der Waals surface area (Å²) in [5.41, 5.74) is 1.70. The van der Waals surface area contributed by atoms with Crippen molar-refractivity contribution in [3.05, 3.63) is 24.3 Å². The third-order valence-electron chi connectivity index (χ3n) is 4.13. The van der Waals surface area contributed by atoms with Crippen LogP contribution < -0.4 is 10.2 Å². The maximum atomic E-state index is 12.0. The van der Waals surface area contributed by atoms with Crippen molar-refractivity contribution in [3.8, 4) is 0 Å². The Bertz CT molecular complexity index is 654. The number of rotatable bonds is 4. The van der Waals surface area contributed by atoms with E-state index in [2.05, 4.69) is 36.0 Å². The average molecular weight is 315 g/mol. The summed E-state index contributed by atoms with van der Waals surface area (Å²) in [5, 5.41) is 3.06. The molecule has 5 heteroatoms. The molecule has 124 valence electrons. The maximum absolute atomic E-state index is 12.0. The lowest BCUT2D eigenvalue weighted by Crippen LogP contribution is -2.41. The van der Waals surface area contributed by atoms with Crippen molar-refractivity contribution >= 4 is 23.0 Å². The predicted molar refractivity (Wildman–Crippen MR) is 91.5 cm³/mol. The zero-order valence-electron chi connectivity index (χ0n) is 14.1. The molecule has 0 radical (unpaired) electrons. The van der Waals surface area contributed by atoms with Crippen molar-refractivity contribution in [1.29, 1.82) is 0 Å². The van der Waals surface area contributed by atoms with Crippen LogP contribution in [0.1, 0.15) is 40.0 Å². The van der Waals surface area contributed by atoms with Crippen molar-refractivity contribution in [2.24, 2.45) is 5.41 Å². The fourth-order valence-electron chi connectivity index (χ4n) is 3.06. The Morgan fingerprint density at radius 2 is 2.17 bits per heavy atom. The van der Waals surface area contributed by atoms with Crippen molar-refractivity contribution in [1.82, 2.24) is 10.3 Å². The lowest BCUT2D eigenvalue weighted by atomic mass is 9.92. The normalized spacial score (nSPS) is 18.6. The van der Waals surface area contributed by atoms with Gasteiger partial charge in [-0.15, -0.1) is 0 Å². The van der Waals surface area contributed by atoms with E-state index >= 15 is 0 Å². The Labute approximate surface area is 137 Å². The monoisotopic (exact) mass is 315 g/mol. The van der Waals surface area contributed by atoms with E-state index in [-0.39, 0.29) is 17.4 Å². The summed E-state index contributed by atoms with van der Waals surface area (Å²) in [6, 6.07) is 8.72. The van der Waals surface area contributed by atoms with Crippen LogP contribution in [0.3, 0.4) is 0 Å². The molecular formula is C18H25N3O2. The van der Waals surface area contributed by atoms with Crippen LogP contribution in [0.25, 0.3) is 11.1 Å². The Morgan fingerprint density at radius 3 is 2.91 bits per heavy atom. The molecule has 0 saturated carbocycles. The number of oxazole rings is 1. The van der Waals surface area contributed by atoms with Crippen molar-refractivity contribution in [2.45, 2.75) is 46.1 Å². The summed E-state index contributed by atoms with van der Waals surface area (Å²) in [7, 11) is 0. The fraction of sp³-hybridized carbons (Fsp3) is 0.556. The standard InChI is InChI=1S/C18H25N3O2/c1-18(2,3)11-16(22)19-12-13-7-6-10-21(13)17-20-14-8-4-5-9-15(14)23-17/h4-5,8-9,13H,6-7,10-12H2,1-3H3,(H,19,22). The number of carbonyl (C=O) groups excluding carboxylic acids is 1. The topological polar surface area (TPSA) is 58.4 Å². The molecule has 2 aromatic rings. The van der Waals surface area contributed by atoms with Gasteiger partial charge in [0.2, 0.25) is 5.91 Å². The minimum absolute atomic E-state index is 0.0136. The number of nitrogens with one attached hydrogen (secondary N) is 1. The number of anilines is 1. The van der Waals surface area contributed by atoms with E-state index in [1.807, 2.05) is 24.3 Å². The number of hydrogen-bond acceptors (Lipinski definition) is 4. The van der Waals surface area contributed by atoms with Gasteiger partial charge in [0.05, 0.1) is 6.04 Å². The molecule has 1 saturated heterocycles.